The van der Waals surface area contributed by atoms with Gasteiger partial charge in [0.25, 0.3) is 0 Å². The first-order valence-corrected chi connectivity index (χ1v) is 11.3. The second-order valence-corrected chi connectivity index (χ2v) is 12.7. The van der Waals surface area contributed by atoms with E-state index >= 15 is 0 Å². The average Bonchev–Trinajstić information content (AvgIpc) is 3.27. The largest absolute Gasteiger partial charge is 0.493 e. The van der Waals surface area contributed by atoms with Gasteiger partial charge in [0, 0.05) is 11.8 Å². The van der Waals surface area contributed by atoms with Crippen LogP contribution < -0.4 is 15.2 Å². The molecule has 0 aromatic heterocycles. The van der Waals surface area contributed by atoms with Crippen molar-refractivity contribution >= 4 is 14.0 Å². The highest BCUT2D eigenvalue weighted by Crippen LogP contribution is 2.42. The Morgan fingerprint density at radius 3 is 2.39 bits per heavy atom. The van der Waals surface area contributed by atoms with Gasteiger partial charge in [-0.25, -0.2) is 0 Å². The van der Waals surface area contributed by atoms with Crippen LogP contribution in [0.25, 0.3) is 0 Å². The Morgan fingerprint density at radius 1 is 1.22 bits per heavy atom. The van der Waals surface area contributed by atoms with Gasteiger partial charge in [0.15, 0.2) is 19.8 Å². The molecule has 1 aliphatic carbocycles. The molecule has 1 atom stereocenters. The van der Waals surface area contributed by atoms with E-state index in [1.165, 1.54) is 12.8 Å². The molecule has 1 aromatic carbocycles. The van der Waals surface area contributed by atoms with Gasteiger partial charge in [-0.3, -0.25) is 0 Å². The predicted octanol–water partition coefficient (Wildman–Crippen LogP) is 4.46. The lowest BCUT2D eigenvalue weighted by atomic mass is 10.2. The maximum Gasteiger partial charge on any atom is 0.192 e. The van der Waals surface area contributed by atoms with Gasteiger partial charge in [-0.15, -0.1) is 0 Å². The molecule has 5 heteroatoms. The zero-order chi connectivity index (χ0) is 17.3. The fraction of sp³-hybridized carbons (Fsp3) is 0.667. The van der Waals surface area contributed by atoms with E-state index in [2.05, 4.69) is 33.9 Å². The van der Waals surface area contributed by atoms with E-state index in [-0.39, 0.29) is 11.1 Å². The molecule has 2 N–H and O–H groups in total. The second-order valence-electron chi connectivity index (χ2n) is 7.98. The minimum Gasteiger partial charge on any atom is -0.493 e. The molecule has 0 spiro atoms. The summed E-state index contributed by atoms with van der Waals surface area (Å²) in [5.41, 5.74) is 6.47. The van der Waals surface area contributed by atoms with E-state index in [4.69, 9.17) is 19.6 Å². The Balaban J connectivity index is 2.04. The quantitative estimate of drug-likeness (QED) is 0.589. The summed E-state index contributed by atoms with van der Waals surface area (Å²) >= 11 is 0. The molecule has 0 radical (unpaired) electrons. The van der Waals surface area contributed by atoms with Crippen molar-refractivity contribution in [1.82, 2.24) is 0 Å². The number of methoxy groups -OCH3 is 1. The average molecular weight is 338 g/mol. The molecule has 0 amide bonds. The maximum atomic E-state index is 6.59. The van der Waals surface area contributed by atoms with Crippen molar-refractivity contribution in [3.05, 3.63) is 18.2 Å². The lowest BCUT2D eigenvalue weighted by molar-refractivity contribution is 0.0959. The number of hydrogen-bond acceptors (Lipinski definition) is 4. The minimum absolute atomic E-state index is 0.165. The van der Waals surface area contributed by atoms with Crippen LogP contribution >= 0.6 is 0 Å². The van der Waals surface area contributed by atoms with Crippen LogP contribution in [0, 0.1) is 5.92 Å². The summed E-state index contributed by atoms with van der Waals surface area (Å²) in [7, 11) is -0.160. The molecule has 1 aliphatic rings. The van der Waals surface area contributed by atoms with Gasteiger partial charge in [-0.1, -0.05) is 20.8 Å². The highest BCUT2D eigenvalue weighted by Gasteiger charge is 2.43. The SMILES string of the molecule is COc1cc(N)ccc1OC[C@H](O[Si](C)(C)C(C)(C)C)C1CC1. The van der Waals surface area contributed by atoms with Crippen LogP contribution in [0.5, 0.6) is 11.5 Å². The summed E-state index contributed by atoms with van der Waals surface area (Å²) in [4.78, 5) is 0. The molecule has 1 aromatic rings. The first-order chi connectivity index (χ1) is 10.6. The third kappa shape index (κ3) is 4.64. The molecule has 0 aliphatic heterocycles. The summed E-state index contributed by atoms with van der Waals surface area (Å²) in [6.45, 7) is 12.0. The number of benzene rings is 1. The van der Waals surface area contributed by atoms with Crippen LogP contribution in [0.1, 0.15) is 33.6 Å². The van der Waals surface area contributed by atoms with E-state index < -0.39 is 8.32 Å². The van der Waals surface area contributed by atoms with E-state index in [1.54, 1.807) is 13.2 Å². The fourth-order valence-corrected chi connectivity index (χ4v) is 3.64. The van der Waals surface area contributed by atoms with Gasteiger partial charge in [-0.05, 0) is 49.0 Å². The molecular formula is C18H31NO3Si. The smallest absolute Gasteiger partial charge is 0.192 e. The van der Waals surface area contributed by atoms with Gasteiger partial charge in [0.2, 0.25) is 0 Å². The number of nitrogen functional groups attached to an aromatic ring is 1. The molecule has 2 rings (SSSR count). The molecule has 1 saturated carbocycles. The Labute approximate surface area is 141 Å². The number of ether oxygens (including phenoxy) is 2. The van der Waals surface area contributed by atoms with E-state index in [9.17, 15) is 0 Å². The third-order valence-electron chi connectivity index (χ3n) is 4.99. The van der Waals surface area contributed by atoms with Crippen LogP contribution in [0.3, 0.4) is 0 Å². The number of anilines is 1. The number of nitrogens with two attached hydrogens (primary N) is 1. The molecule has 0 bridgehead atoms. The van der Waals surface area contributed by atoms with Gasteiger partial charge in [0.05, 0.1) is 13.2 Å². The molecule has 130 valence electrons. The topological polar surface area (TPSA) is 53.7 Å². The van der Waals surface area contributed by atoms with Crippen LogP contribution in [0.15, 0.2) is 18.2 Å². The molecule has 0 saturated heterocycles. The van der Waals surface area contributed by atoms with Crippen LogP contribution in [-0.2, 0) is 4.43 Å². The Bertz CT molecular complexity index is 536. The molecular weight excluding hydrogens is 306 g/mol. The zero-order valence-corrected chi connectivity index (χ0v) is 16.3. The van der Waals surface area contributed by atoms with Crippen molar-refractivity contribution in [1.29, 1.82) is 0 Å². The van der Waals surface area contributed by atoms with Crippen molar-refractivity contribution in [3.8, 4) is 11.5 Å². The molecule has 0 unspecified atom stereocenters. The fourth-order valence-electron chi connectivity index (χ4n) is 2.26. The Kier molecular flexibility index (Phi) is 5.31. The van der Waals surface area contributed by atoms with Crippen molar-refractivity contribution in [2.45, 2.75) is 57.8 Å². The van der Waals surface area contributed by atoms with Crippen LogP contribution in [0.4, 0.5) is 5.69 Å². The summed E-state index contributed by atoms with van der Waals surface area (Å²) in [5.74, 6) is 2.03. The minimum atomic E-state index is -1.79. The summed E-state index contributed by atoms with van der Waals surface area (Å²) in [5, 5.41) is 0.207. The normalized spacial score (nSPS) is 17.0. The highest BCUT2D eigenvalue weighted by atomic mass is 28.4. The maximum absolute atomic E-state index is 6.59. The van der Waals surface area contributed by atoms with Crippen molar-refractivity contribution in [3.63, 3.8) is 0 Å². The monoisotopic (exact) mass is 337 g/mol. The summed E-state index contributed by atoms with van der Waals surface area (Å²) in [6.07, 6.45) is 2.64. The summed E-state index contributed by atoms with van der Waals surface area (Å²) in [6, 6.07) is 5.49. The lowest BCUT2D eigenvalue weighted by Crippen LogP contribution is -2.46. The van der Waals surface area contributed by atoms with E-state index in [1.807, 2.05) is 12.1 Å². The lowest BCUT2D eigenvalue weighted by Gasteiger charge is -2.39. The Hall–Kier alpha value is -1.20. The highest BCUT2D eigenvalue weighted by molar-refractivity contribution is 6.74. The Morgan fingerprint density at radius 2 is 1.87 bits per heavy atom. The van der Waals surface area contributed by atoms with E-state index in [0.717, 1.165) is 5.75 Å². The second kappa shape index (κ2) is 6.73. The van der Waals surface area contributed by atoms with Crippen LogP contribution in [-0.4, -0.2) is 28.1 Å². The van der Waals surface area contributed by atoms with Crippen LogP contribution in [0.2, 0.25) is 18.1 Å². The van der Waals surface area contributed by atoms with Gasteiger partial charge < -0.3 is 19.6 Å². The molecule has 1 fully saturated rings. The molecule has 0 heterocycles. The van der Waals surface area contributed by atoms with E-state index in [0.29, 0.717) is 24.0 Å². The van der Waals surface area contributed by atoms with Crippen molar-refractivity contribution < 1.29 is 13.9 Å². The standard InChI is InChI=1S/C18H31NO3Si/c1-18(2,3)23(5,6)22-17(13-7-8-13)12-21-15-10-9-14(19)11-16(15)20-4/h9-11,13,17H,7-8,12,19H2,1-6H3/t17-/m0/s1. The van der Waals surface area contributed by atoms with Crippen molar-refractivity contribution in [2.75, 3.05) is 19.5 Å². The molecule has 4 nitrogen and oxygen atoms in total. The van der Waals surface area contributed by atoms with Crippen molar-refractivity contribution in [2.24, 2.45) is 5.92 Å². The van der Waals surface area contributed by atoms with Gasteiger partial charge in [-0.2, -0.15) is 0 Å². The zero-order valence-electron chi connectivity index (χ0n) is 15.3. The van der Waals surface area contributed by atoms with Gasteiger partial charge in [0.1, 0.15) is 6.61 Å². The predicted molar refractivity (Wildman–Crippen MR) is 97.7 cm³/mol. The number of rotatable bonds is 7. The first-order valence-electron chi connectivity index (χ1n) is 8.38. The third-order valence-corrected chi connectivity index (χ3v) is 9.50. The number of hydrogen-bond donors (Lipinski definition) is 1. The first kappa shape index (κ1) is 18.1. The van der Waals surface area contributed by atoms with Gasteiger partial charge >= 0.3 is 0 Å². The molecule has 23 heavy (non-hydrogen) atoms. The summed E-state index contributed by atoms with van der Waals surface area (Å²) < 4.78 is 18.0.